The van der Waals surface area contributed by atoms with Crippen LogP contribution in [0.1, 0.15) is 44.7 Å². The number of halogens is 1. The molecule has 0 aliphatic rings. The molecule has 2 amide bonds. The number of hydrogen-bond donors (Lipinski definition) is 2. The zero-order chi connectivity index (χ0) is 41.6. The first-order valence-electron chi connectivity index (χ1n) is 15.7. The molecule has 2 aromatic carbocycles. The van der Waals surface area contributed by atoms with E-state index in [4.69, 9.17) is 41.5 Å². The van der Waals surface area contributed by atoms with Crippen molar-refractivity contribution >= 4 is 68.3 Å². The molecule has 0 aliphatic heterocycles. The maximum Gasteiger partial charge on any atom is 0.265 e. The Hall–Kier alpha value is -6.21. The van der Waals surface area contributed by atoms with E-state index in [2.05, 4.69) is 29.9 Å². The van der Waals surface area contributed by atoms with Gasteiger partial charge in [0.05, 0.1) is 30.5 Å². The van der Waals surface area contributed by atoms with Crippen LogP contribution in [0, 0.1) is 49.7 Å². The van der Waals surface area contributed by atoms with Crippen LogP contribution in [0.15, 0.2) is 65.7 Å². The van der Waals surface area contributed by atoms with E-state index in [1.54, 1.807) is 82.2 Å². The van der Waals surface area contributed by atoms with Gasteiger partial charge in [0.2, 0.25) is 17.3 Å². The normalized spacial score (nSPS) is 11.3. The molecule has 15 nitrogen and oxygen atoms in total. The van der Waals surface area contributed by atoms with Crippen LogP contribution in [-0.2, 0) is 23.9 Å². The number of benzene rings is 2. The molecule has 0 radical (unpaired) electrons. The smallest absolute Gasteiger partial charge is 0.265 e. The SMILES string of the molecule is CS(=O)(=O)OC(C(N)=O)c1ccccc1.[C-]#[N+]c1c(N(C)C)nc(Cl)c(C#N)c1C.[C-]#[N+]c1c(N(C)C)nc(SC(C(N)=O)c2ccccc2)c(C#N)c1C. The molecule has 0 saturated carbocycles. The number of nitrogens with zero attached hydrogens (tertiary/aromatic N) is 8. The molecule has 4 N–H and O–H groups in total. The molecule has 0 fully saturated rings. The van der Waals surface area contributed by atoms with Crippen LogP contribution in [-0.4, -0.2) is 64.6 Å². The molecule has 2 atom stereocenters. The number of carbonyl (C=O) groups is 2. The molecule has 0 spiro atoms. The second kappa shape index (κ2) is 20.3. The maximum absolute atomic E-state index is 12.0. The first-order chi connectivity index (χ1) is 25.8. The average molecular weight is 801 g/mol. The molecule has 2 aromatic heterocycles. The van der Waals surface area contributed by atoms with Gasteiger partial charge < -0.3 is 21.3 Å². The third-order valence-electron chi connectivity index (χ3n) is 7.23. The predicted octanol–water partition coefficient (Wildman–Crippen LogP) is 5.92. The third-order valence-corrected chi connectivity index (χ3v) is 9.31. The lowest BCUT2D eigenvalue weighted by Gasteiger charge is -2.19. The molecule has 55 heavy (non-hydrogen) atoms. The van der Waals surface area contributed by atoms with Gasteiger partial charge >= 0.3 is 0 Å². The topological polar surface area (TPSA) is 218 Å². The lowest BCUT2D eigenvalue weighted by Crippen LogP contribution is -2.25. The zero-order valence-electron chi connectivity index (χ0n) is 30.9. The minimum atomic E-state index is -3.72. The van der Waals surface area contributed by atoms with Crippen LogP contribution in [0.4, 0.5) is 23.0 Å². The molecule has 0 saturated heterocycles. The first kappa shape index (κ1) is 44.9. The van der Waals surface area contributed by atoms with Crippen LogP contribution >= 0.6 is 23.4 Å². The largest absolute Gasteiger partial charge is 0.371 e. The Morgan fingerprint density at radius 2 is 1.25 bits per heavy atom. The number of carbonyl (C=O) groups excluding carboxylic acids is 2. The van der Waals surface area contributed by atoms with Gasteiger partial charge in [-0.1, -0.05) is 84.0 Å². The molecular weight excluding hydrogens is 764 g/mol. The van der Waals surface area contributed by atoms with Crippen molar-refractivity contribution in [3.63, 3.8) is 0 Å². The average Bonchev–Trinajstić information content (AvgIpc) is 3.13. The fourth-order valence-corrected chi connectivity index (χ4v) is 6.54. The van der Waals surface area contributed by atoms with Gasteiger partial charge in [-0.05, 0) is 36.1 Å². The number of nitrogens with two attached hydrogens (primary N) is 2. The van der Waals surface area contributed by atoms with Crippen molar-refractivity contribution < 1.29 is 22.2 Å². The van der Waals surface area contributed by atoms with Gasteiger partial charge in [-0.25, -0.2) is 19.7 Å². The minimum Gasteiger partial charge on any atom is -0.371 e. The molecular formula is C37H37ClN10O5S2. The molecule has 18 heteroatoms. The van der Waals surface area contributed by atoms with Crippen LogP contribution in [0.2, 0.25) is 5.15 Å². The number of pyridine rings is 2. The summed E-state index contributed by atoms with van der Waals surface area (Å²) < 4.78 is 26.4. The van der Waals surface area contributed by atoms with Gasteiger partial charge in [-0.15, -0.1) is 0 Å². The van der Waals surface area contributed by atoms with Gasteiger partial charge in [0.15, 0.2) is 6.10 Å². The number of thioether (sulfide) groups is 1. The summed E-state index contributed by atoms with van der Waals surface area (Å²) in [6, 6.07) is 21.4. The van der Waals surface area contributed by atoms with Crippen LogP contribution in [0.3, 0.4) is 0 Å². The van der Waals surface area contributed by atoms with E-state index in [1.165, 1.54) is 0 Å². The molecule has 4 aromatic rings. The van der Waals surface area contributed by atoms with Crippen molar-refractivity contribution in [1.82, 2.24) is 9.97 Å². The van der Waals surface area contributed by atoms with Gasteiger partial charge in [-0.2, -0.15) is 18.9 Å². The number of anilines is 2. The molecule has 0 aliphatic carbocycles. The van der Waals surface area contributed by atoms with Gasteiger partial charge in [0.1, 0.15) is 39.2 Å². The quantitative estimate of drug-likeness (QED) is 0.0827. The highest BCUT2D eigenvalue weighted by atomic mass is 35.5. The summed E-state index contributed by atoms with van der Waals surface area (Å²) in [7, 11) is 3.39. The van der Waals surface area contributed by atoms with Crippen molar-refractivity contribution in [1.29, 1.82) is 10.5 Å². The van der Waals surface area contributed by atoms with E-state index in [0.29, 0.717) is 50.3 Å². The fraction of sp³-hybridized carbons (Fsp3) is 0.243. The first-order valence-corrected chi connectivity index (χ1v) is 18.8. The van der Waals surface area contributed by atoms with Gasteiger partial charge in [0, 0.05) is 28.2 Å². The molecule has 0 bridgehead atoms. The van der Waals surface area contributed by atoms with E-state index >= 15 is 0 Å². The standard InChI is InChI=1S/C18H17N5OS.C10H9ClN4.C9H11NO4S/c1-11-13(10-19)18(22-17(23(3)4)14(11)21-2)25-15(16(20)24)12-8-6-5-7-9-12;1-6-7(5-12)9(11)14-10(15(3)4)8(6)13-2;1-15(12,13)14-8(9(10)11)7-5-3-2-4-6-7/h5-9,15H,1,3-4H3,(H2,20,24);1,3-4H3;2-6,8H,1H3,(H2,10,11). The Morgan fingerprint density at radius 3 is 1.64 bits per heavy atom. The molecule has 2 heterocycles. The number of aromatic nitrogens is 2. The van der Waals surface area contributed by atoms with Gasteiger partial charge in [-0.3, -0.25) is 13.8 Å². The number of primary amides is 2. The highest BCUT2D eigenvalue weighted by molar-refractivity contribution is 8.00. The second-order valence-electron chi connectivity index (χ2n) is 11.7. The predicted molar refractivity (Wildman–Crippen MR) is 212 cm³/mol. The Kier molecular flexibility index (Phi) is 16.6. The van der Waals surface area contributed by atoms with Crippen LogP contribution in [0.5, 0.6) is 0 Å². The van der Waals surface area contributed by atoms with E-state index in [9.17, 15) is 23.3 Å². The Balaban J connectivity index is 0.000000302. The summed E-state index contributed by atoms with van der Waals surface area (Å²) >= 11 is 6.97. The molecule has 2 unspecified atom stereocenters. The number of hydrogen-bond acceptors (Lipinski definition) is 12. The maximum atomic E-state index is 12.0. The summed E-state index contributed by atoms with van der Waals surface area (Å²) in [6.07, 6.45) is -0.396. The number of amides is 2. The highest BCUT2D eigenvalue weighted by Gasteiger charge is 2.26. The summed E-state index contributed by atoms with van der Waals surface area (Å²) in [5, 5.41) is 18.3. The third kappa shape index (κ3) is 12.2. The number of rotatable bonds is 10. The monoisotopic (exact) mass is 800 g/mol. The van der Waals surface area contributed by atoms with Gasteiger partial charge in [0.25, 0.3) is 16.0 Å². The van der Waals surface area contributed by atoms with Crippen molar-refractivity contribution in [2.45, 2.75) is 30.2 Å². The Labute approximate surface area is 329 Å². The van der Waals surface area contributed by atoms with E-state index < -0.39 is 33.3 Å². The van der Waals surface area contributed by atoms with Crippen molar-refractivity contribution in [3.8, 4) is 12.1 Å². The summed E-state index contributed by atoms with van der Waals surface area (Å²) in [5.41, 5.74) is 14.2. The van der Waals surface area contributed by atoms with E-state index in [-0.39, 0.29) is 10.7 Å². The van der Waals surface area contributed by atoms with E-state index in [1.807, 2.05) is 36.4 Å². The summed E-state index contributed by atoms with van der Waals surface area (Å²) in [6.45, 7) is 17.9. The zero-order valence-corrected chi connectivity index (χ0v) is 33.3. The Bertz CT molecular complexity index is 2320. The molecule has 284 valence electrons. The summed E-state index contributed by atoms with van der Waals surface area (Å²) in [5.74, 6) is -0.399. The second-order valence-corrected chi connectivity index (χ2v) is 14.8. The fourth-order valence-electron chi connectivity index (χ4n) is 4.63. The lowest BCUT2D eigenvalue weighted by molar-refractivity contribution is -0.124. The minimum absolute atomic E-state index is 0.145. The Morgan fingerprint density at radius 1 is 0.818 bits per heavy atom. The number of nitriles is 2. The van der Waals surface area contributed by atoms with Crippen molar-refractivity contribution in [2.24, 2.45) is 11.5 Å². The summed E-state index contributed by atoms with van der Waals surface area (Å²) in [4.78, 5) is 41.8. The van der Waals surface area contributed by atoms with Crippen molar-refractivity contribution in [3.05, 3.63) is 122 Å². The highest BCUT2D eigenvalue weighted by Crippen LogP contribution is 2.41. The molecule has 4 rings (SSSR count). The van der Waals surface area contributed by atoms with Crippen LogP contribution < -0.4 is 21.3 Å². The lowest BCUT2D eigenvalue weighted by atomic mass is 10.1. The van der Waals surface area contributed by atoms with Crippen molar-refractivity contribution in [2.75, 3.05) is 44.2 Å². The van der Waals surface area contributed by atoms with E-state index in [0.717, 1.165) is 23.6 Å². The van der Waals surface area contributed by atoms with Crippen LogP contribution in [0.25, 0.3) is 9.69 Å².